The van der Waals surface area contributed by atoms with Gasteiger partial charge < -0.3 is 5.32 Å². The van der Waals surface area contributed by atoms with Gasteiger partial charge in [0.25, 0.3) is 0 Å². The molecule has 0 saturated heterocycles. The zero-order valence-corrected chi connectivity index (χ0v) is 11.0. The Balaban J connectivity index is 1.39. The van der Waals surface area contributed by atoms with E-state index < -0.39 is 0 Å². The molecule has 0 amide bonds. The molecule has 1 aromatic carbocycles. The topological polar surface area (TPSA) is 12.0 Å². The van der Waals surface area contributed by atoms with Crippen LogP contribution in [0.5, 0.6) is 0 Å². The molecule has 0 aliphatic heterocycles. The molecular weight excluding hydrogens is 249 g/mol. The average Bonchev–Trinajstić information content (AvgIpc) is 2.76. The number of halogens is 2. The van der Waals surface area contributed by atoms with Crippen LogP contribution in [-0.4, -0.2) is 6.04 Å². The third-order valence-electron chi connectivity index (χ3n) is 5.26. The Labute approximate surface area is 112 Å². The molecule has 3 fully saturated rings. The van der Waals surface area contributed by atoms with Crippen LogP contribution in [0, 0.1) is 29.5 Å². The van der Waals surface area contributed by atoms with E-state index >= 15 is 0 Å². The molecule has 1 aromatic rings. The number of hydrogen-bond acceptors (Lipinski definition) is 1. The molecule has 4 rings (SSSR count). The van der Waals surface area contributed by atoms with E-state index in [-0.39, 0.29) is 10.8 Å². The SMILES string of the molecule is Fc1ccc(CNC2C3C4CCC(C4)C23)cc1Cl. The van der Waals surface area contributed by atoms with E-state index in [1.807, 2.05) is 6.07 Å². The zero-order valence-electron chi connectivity index (χ0n) is 10.2. The van der Waals surface area contributed by atoms with Gasteiger partial charge in [-0.05, 0) is 60.6 Å². The number of rotatable bonds is 3. The highest BCUT2D eigenvalue weighted by Gasteiger charge is 2.64. The maximum atomic E-state index is 13.1. The van der Waals surface area contributed by atoms with Crippen LogP contribution >= 0.6 is 11.6 Å². The first kappa shape index (κ1) is 11.2. The third kappa shape index (κ3) is 1.62. The third-order valence-corrected chi connectivity index (χ3v) is 5.55. The zero-order chi connectivity index (χ0) is 12.3. The quantitative estimate of drug-likeness (QED) is 0.880. The van der Waals surface area contributed by atoms with Crippen molar-refractivity contribution >= 4 is 11.6 Å². The largest absolute Gasteiger partial charge is 0.309 e. The van der Waals surface area contributed by atoms with Gasteiger partial charge in [0.2, 0.25) is 0 Å². The van der Waals surface area contributed by atoms with Crippen molar-refractivity contribution in [3.8, 4) is 0 Å². The van der Waals surface area contributed by atoms with Crippen LogP contribution in [0.3, 0.4) is 0 Å². The van der Waals surface area contributed by atoms with Gasteiger partial charge in [-0.2, -0.15) is 0 Å². The van der Waals surface area contributed by atoms with Crippen molar-refractivity contribution in [2.45, 2.75) is 31.8 Å². The lowest BCUT2D eigenvalue weighted by Gasteiger charge is -2.10. The number of hydrogen-bond donors (Lipinski definition) is 1. The minimum atomic E-state index is -0.332. The minimum absolute atomic E-state index is 0.227. The summed E-state index contributed by atoms with van der Waals surface area (Å²) in [6, 6.07) is 5.73. The summed E-state index contributed by atoms with van der Waals surface area (Å²) in [5, 5.41) is 3.87. The van der Waals surface area contributed by atoms with Crippen molar-refractivity contribution in [3.05, 3.63) is 34.6 Å². The monoisotopic (exact) mass is 265 g/mol. The fourth-order valence-electron chi connectivity index (χ4n) is 4.48. The Hall–Kier alpha value is -0.600. The maximum absolute atomic E-state index is 13.1. The molecule has 0 heterocycles. The van der Waals surface area contributed by atoms with Gasteiger partial charge in [0.15, 0.2) is 0 Å². The molecule has 0 spiro atoms. The Morgan fingerprint density at radius 3 is 2.61 bits per heavy atom. The summed E-state index contributed by atoms with van der Waals surface area (Å²) >= 11 is 5.79. The standard InChI is InChI=1S/C15H17ClFN/c16-11-5-8(1-4-12(11)17)7-18-15-13-9-2-3-10(6-9)14(13)15/h1,4-5,9-10,13-15,18H,2-3,6-7H2. The normalized spacial score (nSPS) is 40.0. The van der Waals surface area contributed by atoms with Crippen LogP contribution < -0.4 is 5.32 Å². The molecule has 2 bridgehead atoms. The van der Waals surface area contributed by atoms with Gasteiger partial charge in [0.05, 0.1) is 5.02 Å². The molecular formula is C15H17ClFN. The van der Waals surface area contributed by atoms with E-state index in [1.54, 1.807) is 6.07 Å². The highest BCUT2D eigenvalue weighted by atomic mass is 35.5. The van der Waals surface area contributed by atoms with Crippen molar-refractivity contribution in [3.63, 3.8) is 0 Å². The summed E-state index contributed by atoms with van der Waals surface area (Å²) in [5.41, 5.74) is 1.08. The number of nitrogens with one attached hydrogen (secondary N) is 1. The van der Waals surface area contributed by atoms with Crippen LogP contribution in [-0.2, 0) is 6.54 Å². The molecule has 1 nitrogen and oxygen atoms in total. The van der Waals surface area contributed by atoms with Crippen molar-refractivity contribution in [1.29, 1.82) is 0 Å². The van der Waals surface area contributed by atoms with Gasteiger partial charge in [-0.15, -0.1) is 0 Å². The molecule has 4 unspecified atom stereocenters. The molecule has 96 valence electrons. The van der Waals surface area contributed by atoms with Crippen LogP contribution in [0.1, 0.15) is 24.8 Å². The summed E-state index contributed by atoms with van der Waals surface area (Å²) in [6.07, 6.45) is 4.38. The van der Waals surface area contributed by atoms with E-state index in [0.29, 0.717) is 0 Å². The van der Waals surface area contributed by atoms with Crippen LogP contribution in [0.15, 0.2) is 18.2 Å². The first-order chi connectivity index (χ1) is 8.74. The van der Waals surface area contributed by atoms with E-state index in [9.17, 15) is 4.39 Å². The molecule has 1 N–H and O–H groups in total. The van der Waals surface area contributed by atoms with Crippen LogP contribution in [0.25, 0.3) is 0 Å². The highest BCUT2D eigenvalue weighted by molar-refractivity contribution is 6.30. The summed E-state index contributed by atoms with van der Waals surface area (Å²) in [4.78, 5) is 0. The molecule has 3 aliphatic carbocycles. The van der Waals surface area contributed by atoms with Crippen LogP contribution in [0.4, 0.5) is 4.39 Å². The molecule has 3 heteroatoms. The fourth-order valence-corrected chi connectivity index (χ4v) is 4.69. The summed E-state index contributed by atoms with van der Waals surface area (Å²) in [5.74, 6) is 3.55. The average molecular weight is 266 g/mol. The van der Waals surface area contributed by atoms with Gasteiger partial charge >= 0.3 is 0 Å². The fraction of sp³-hybridized carbons (Fsp3) is 0.600. The van der Waals surface area contributed by atoms with Crippen molar-refractivity contribution in [2.24, 2.45) is 23.7 Å². The molecule has 3 saturated carbocycles. The Morgan fingerprint density at radius 1 is 1.22 bits per heavy atom. The molecule has 3 aliphatic rings. The first-order valence-electron chi connectivity index (χ1n) is 6.91. The molecule has 0 aromatic heterocycles. The smallest absolute Gasteiger partial charge is 0.141 e. The van der Waals surface area contributed by atoms with E-state index in [1.165, 1.54) is 25.3 Å². The predicted octanol–water partition coefficient (Wildman–Crippen LogP) is 3.61. The molecule has 0 radical (unpaired) electrons. The van der Waals surface area contributed by atoms with Crippen molar-refractivity contribution < 1.29 is 4.39 Å². The Kier molecular flexibility index (Phi) is 2.46. The number of benzene rings is 1. The maximum Gasteiger partial charge on any atom is 0.141 e. The second kappa shape index (κ2) is 3.94. The minimum Gasteiger partial charge on any atom is -0.309 e. The lowest BCUT2D eigenvalue weighted by Crippen LogP contribution is -2.22. The van der Waals surface area contributed by atoms with E-state index in [0.717, 1.165) is 41.8 Å². The Morgan fingerprint density at radius 2 is 1.94 bits per heavy atom. The second-order valence-corrected chi connectivity index (χ2v) is 6.55. The van der Waals surface area contributed by atoms with Gasteiger partial charge in [0.1, 0.15) is 5.82 Å². The van der Waals surface area contributed by atoms with Gasteiger partial charge in [-0.25, -0.2) is 4.39 Å². The Bertz CT molecular complexity index is 473. The van der Waals surface area contributed by atoms with Crippen molar-refractivity contribution in [1.82, 2.24) is 5.32 Å². The summed E-state index contributed by atoms with van der Waals surface area (Å²) in [7, 11) is 0. The van der Waals surface area contributed by atoms with E-state index in [4.69, 9.17) is 11.6 Å². The molecule has 4 atom stereocenters. The number of fused-ring (bicyclic) bond motifs is 5. The summed E-state index contributed by atoms with van der Waals surface area (Å²) in [6.45, 7) is 0.817. The highest BCUT2D eigenvalue weighted by Crippen LogP contribution is 2.65. The van der Waals surface area contributed by atoms with Crippen LogP contribution in [0.2, 0.25) is 5.02 Å². The molecule has 18 heavy (non-hydrogen) atoms. The van der Waals surface area contributed by atoms with Gasteiger partial charge in [0, 0.05) is 12.6 Å². The van der Waals surface area contributed by atoms with Crippen molar-refractivity contribution in [2.75, 3.05) is 0 Å². The lowest BCUT2D eigenvalue weighted by molar-refractivity contribution is 0.456. The van der Waals surface area contributed by atoms with Gasteiger partial charge in [-0.3, -0.25) is 0 Å². The second-order valence-electron chi connectivity index (χ2n) is 6.14. The van der Waals surface area contributed by atoms with Gasteiger partial charge in [-0.1, -0.05) is 17.7 Å². The first-order valence-corrected chi connectivity index (χ1v) is 7.29. The summed E-state index contributed by atoms with van der Waals surface area (Å²) < 4.78 is 13.1. The predicted molar refractivity (Wildman–Crippen MR) is 69.8 cm³/mol. The van der Waals surface area contributed by atoms with E-state index in [2.05, 4.69) is 5.32 Å². The lowest BCUT2D eigenvalue weighted by atomic mass is 10.0.